The summed E-state index contributed by atoms with van der Waals surface area (Å²) in [7, 11) is -3.36. The van der Waals surface area contributed by atoms with Crippen LogP contribution < -0.4 is 51.7 Å². The molecular formula is C36H48N5NaO17S4. The van der Waals surface area contributed by atoms with Crippen molar-refractivity contribution in [3.05, 3.63) is 64.6 Å². The molecule has 0 bridgehead atoms. The summed E-state index contributed by atoms with van der Waals surface area (Å²) >= 11 is -1.57. The Labute approximate surface area is 394 Å². The summed E-state index contributed by atoms with van der Waals surface area (Å²) in [5.41, 5.74) is 12.5. The number of Topliss-reactive ketones (excluding diaryl/α,β-unsaturated/α-hetero) is 2. The number of hydrogen-bond acceptors (Lipinski definition) is 18. The summed E-state index contributed by atoms with van der Waals surface area (Å²) in [6, 6.07) is 8.03. The van der Waals surface area contributed by atoms with E-state index in [1.54, 1.807) is 43.3 Å². The number of nitrogens with one attached hydrogen (secondary N) is 2. The van der Waals surface area contributed by atoms with Crippen LogP contribution in [0.4, 0.5) is 0 Å². The van der Waals surface area contributed by atoms with Crippen molar-refractivity contribution in [2.24, 2.45) is 16.0 Å². The molecule has 2 aromatic carbocycles. The average Bonchev–Trinajstić information content (AvgIpc) is 3.20. The van der Waals surface area contributed by atoms with E-state index in [2.05, 4.69) is 15.2 Å². The van der Waals surface area contributed by atoms with Crippen LogP contribution in [0.5, 0.6) is 0 Å². The molecule has 344 valence electrons. The zero-order chi connectivity index (χ0) is 47.6. The van der Waals surface area contributed by atoms with Crippen LogP contribution in [0.2, 0.25) is 0 Å². The van der Waals surface area contributed by atoms with Gasteiger partial charge in [0.2, 0.25) is 20.7 Å². The van der Waals surface area contributed by atoms with E-state index in [9.17, 15) is 60.4 Å². The molecule has 0 saturated heterocycles. The Morgan fingerprint density at radius 3 is 1.41 bits per heavy atom. The predicted octanol–water partition coefficient (Wildman–Crippen LogP) is -1.72. The smallest absolute Gasteiger partial charge is 0.768 e. The first-order chi connectivity index (χ1) is 28.9. The fraction of sp³-hybridized carbons (Fsp3) is 0.444. The first kappa shape index (κ1) is 61.0. The maximum Gasteiger partial charge on any atom is 1.00 e. The van der Waals surface area contributed by atoms with Gasteiger partial charge >= 0.3 is 53.4 Å². The zero-order valence-corrected chi connectivity index (χ0v) is 39.6. The molecule has 0 aliphatic rings. The molecule has 0 fully saturated rings. The molecule has 0 aliphatic heterocycles. The van der Waals surface area contributed by atoms with Gasteiger partial charge in [0.25, 0.3) is 0 Å². The molecule has 5 atom stereocenters. The van der Waals surface area contributed by atoms with Gasteiger partial charge in [-0.05, 0) is 72.8 Å². The van der Waals surface area contributed by atoms with Crippen LogP contribution in [0.25, 0.3) is 0 Å². The Kier molecular flexibility index (Phi) is 31.5. The molecule has 10 N–H and O–H groups in total. The van der Waals surface area contributed by atoms with Gasteiger partial charge < -0.3 is 47.1 Å². The molecule has 0 heterocycles. The topological polar surface area (TPSA) is 397 Å². The molecule has 2 aromatic rings. The number of carboxylic acids is 4. The number of rotatable bonds is 26. The van der Waals surface area contributed by atoms with Crippen molar-refractivity contribution in [1.29, 1.82) is 0 Å². The van der Waals surface area contributed by atoms with Crippen molar-refractivity contribution in [3.63, 3.8) is 0 Å². The summed E-state index contributed by atoms with van der Waals surface area (Å²) in [5, 5.41) is 39.3. The Balaban J connectivity index is 0. The second-order valence-corrected chi connectivity index (χ2v) is 18.6. The summed E-state index contributed by atoms with van der Waals surface area (Å²) in [5.74, 6) is -7.84. The van der Waals surface area contributed by atoms with E-state index in [0.717, 1.165) is 11.1 Å². The number of ketones is 2. The van der Waals surface area contributed by atoms with Crippen molar-refractivity contribution in [3.8, 4) is 0 Å². The van der Waals surface area contributed by atoms with Gasteiger partial charge in [0.1, 0.15) is 12.1 Å². The Hall–Kier alpha value is -4.12. The summed E-state index contributed by atoms with van der Waals surface area (Å²) in [6.45, 7) is 3.71. The van der Waals surface area contributed by atoms with Crippen LogP contribution >= 0.6 is 22.7 Å². The molecule has 0 aliphatic carbocycles. The number of nitrogens with two attached hydrogens (primary N) is 2. The largest absolute Gasteiger partial charge is 1.00 e. The summed E-state index contributed by atoms with van der Waals surface area (Å²) < 4.78 is 48.1. The van der Waals surface area contributed by atoms with E-state index in [1.165, 1.54) is 12.1 Å². The van der Waals surface area contributed by atoms with E-state index in [4.69, 9.17) is 31.9 Å². The third kappa shape index (κ3) is 28.3. The predicted molar refractivity (Wildman–Crippen MR) is 225 cm³/mol. The molecule has 0 spiro atoms. The molecule has 27 heteroatoms. The summed E-state index contributed by atoms with van der Waals surface area (Å²) in [6.07, 6.45) is -2.34. The maximum absolute atomic E-state index is 12.5. The monoisotopic (exact) mass is 973 g/mol. The minimum atomic E-state index is -3.81. The molecule has 22 nitrogen and oxygen atoms in total. The van der Waals surface area contributed by atoms with Gasteiger partial charge in [-0.25, -0.2) is 8.42 Å². The van der Waals surface area contributed by atoms with Crippen LogP contribution in [0.15, 0.2) is 62.9 Å². The van der Waals surface area contributed by atoms with E-state index >= 15 is 0 Å². The fourth-order valence-electron chi connectivity index (χ4n) is 4.28. The Bertz CT molecular complexity index is 1990. The number of nitroso groups, excluding NO2 is 1. The van der Waals surface area contributed by atoms with E-state index in [1.807, 2.05) is 6.92 Å². The number of carboxylic acid groups (broad SMARTS) is 4. The quantitative estimate of drug-likeness (QED) is 0.0171. The minimum absolute atomic E-state index is 0. The number of aryl methyl sites for hydroxylation is 2. The van der Waals surface area contributed by atoms with Gasteiger partial charge in [-0.3, -0.25) is 42.6 Å². The molecule has 2 amide bonds. The molecular weight excluding hydrogens is 926 g/mol. The Morgan fingerprint density at radius 2 is 1.06 bits per heavy atom. The standard InChI is InChI=1S/C18H24N2O8S2.C11H17N3O7S.C7H8O2S.Na/c1-11-2-4-12(5-3-11)30(27,28)29-10-14(15(21)7-9-17(23)24)20-16(22)8-6-13(19)18(25)26;12-6(11(19)20)1-3-9(16)13-7(5-22-14-21)8(15)2-4-10(17)18;1-6-2-4-7(5-3-6)10(8)9;/h2-5,13-14H,6-10,19H2,1H3,(H,20,22)(H,23,24)(H,25,26);6-7H,1-5,12H2,(H,13,16)(H,17,18)(H,19,20);2-5H,1H3,(H,8,9);/q;;;+1/p-1/t13-,14-;6-,7-;;/m00../s1. The second-order valence-electron chi connectivity index (χ2n) is 12.9. The maximum atomic E-state index is 12.5. The normalized spacial score (nSPS) is 12.9. The third-order valence-corrected chi connectivity index (χ3v) is 12.6. The first-order valence-electron chi connectivity index (χ1n) is 18.0. The Morgan fingerprint density at radius 1 is 0.683 bits per heavy atom. The van der Waals surface area contributed by atoms with Crippen molar-refractivity contribution < 1.29 is 106 Å². The number of hydrogen-bond donors (Lipinski definition) is 8. The fourth-order valence-corrected chi connectivity index (χ4v) is 7.99. The second kappa shape index (κ2) is 32.5. The van der Waals surface area contributed by atoms with E-state index in [0.29, 0.717) is 27.6 Å². The molecule has 1 unspecified atom stereocenters. The molecule has 0 aromatic heterocycles. The van der Waals surface area contributed by atoms with E-state index in [-0.39, 0.29) is 84.5 Å². The number of amides is 2. The SMILES string of the molecule is Cc1ccc(S(=O)(=O)SC[C@H](NC(=O)CC[C@H](N)C(=O)O)C(=O)CCC(=O)O)cc1.Cc1ccc(S(=O)[O-])cc1.N[C@@H](CCC(=O)N[C@@H](CSN=O)C(=O)CCC(=O)O)C(=O)O.[Na+]. The van der Waals surface area contributed by atoms with Gasteiger partial charge in [0.15, 0.2) is 11.6 Å². The average molecular weight is 974 g/mol. The van der Waals surface area contributed by atoms with Crippen LogP contribution in [0, 0.1) is 18.8 Å². The third-order valence-electron chi connectivity index (χ3n) is 7.82. The van der Waals surface area contributed by atoms with Crippen molar-refractivity contribution in [2.45, 2.75) is 99.2 Å². The minimum Gasteiger partial charge on any atom is -0.768 e. The zero-order valence-electron chi connectivity index (χ0n) is 34.3. The molecule has 0 radical (unpaired) electrons. The van der Waals surface area contributed by atoms with Gasteiger partial charge in [-0.2, -0.15) is 0 Å². The first-order valence-corrected chi connectivity index (χ1v) is 23.0. The van der Waals surface area contributed by atoms with Gasteiger partial charge in [0.05, 0.1) is 29.8 Å². The van der Waals surface area contributed by atoms with Crippen LogP contribution in [0.3, 0.4) is 0 Å². The van der Waals surface area contributed by atoms with Crippen molar-refractivity contribution >= 4 is 89.9 Å². The summed E-state index contributed by atoms with van der Waals surface area (Å²) in [4.78, 5) is 101. The molecule has 0 saturated carbocycles. The van der Waals surface area contributed by atoms with Crippen LogP contribution in [-0.2, 0) is 58.3 Å². The van der Waals surface area contributed by atoms with Crippen molar-refractivity contribution in [2.75, 3.05) is 11.5 Å². The van der Waals surface area contributed by atoms with E-state index < -0.39 is 104 Å². The molecule has 2 rings (SSSR count). The van der Waals surface area contributed by atoms with Crippen LogP contribution in [-0.4, -0.2) is 121 Å². The van der Waals surface area contributed by atoms with Gasteiger partial charge in [-0.15, -0.1) is 4.91 Å². The number of carbonyl (C=O) groups excluding carboxylic acids is 4. The van der Waals surface area contributed by atoms with Crippen LogP contribution in [0.1, 0.15) is 62.5 Å². The number of nitrogens with zero attached hydrogens (tertiary/aromatic N) is 1. The molecule has 63 heavy (non-hydrogen) atoms. The van der Waals surface area contributed by atoms with Crippen molar-refractivity contribution in [1.82, 2.24) is 10.6 Å². The van der Waals surface area contributed by atoms with Gasteiger partial charge in [0, 0.05) is 58.6 Å². The number of benzene rings is 2. The van der Waals surface area contributed by atoms with Gasteiger partial charge in [-0.1, -0.05) is 35.4 Å². The number of carbonyl (C=O) groups is 8. The number of aliphatic carboxylic acids is 4.